The molecule has 8 heteroatoms. The summed E-state index contributed by atoms with van der Waals surface area (Å²) in [5.74, 6) is -0.328. The molecule has 0 aliphatic rings. The number of phenols is 1. The summed E-state index contributed by atoms with van der Waals surface area (Å²) in [5.41, 5.74) is -0.348. The van der Waals surface area contributed by atoms with Gasteiger partial charge in [0.05, 0.1) is 23.4 Å². The Labute approximate surface area is 173 Å². The number of nitrogens with zero attached hydrogens (tertiary/aromatic N) is 2. The number of rotatable bonds is 4. The number of methoxy groups -OCH3 is 1. The van der Waals surface area contributed by atoms with Crippen molar-refractivity contribution in [2.45, 2.75) is 0 Å². The van der Waals surface area contributed by atoms with Crippen molar-refractivity contribution in [2.75, 3.05) is 7.11 Å². The highest BCUT2D eigenvalue weighted by atomic mass is 79.9. The summed E-state index contributed by atoms with van der Waals surface area (Å²) >= 11 is 9.38. The molecule has 0 fully saturated rings. The standard InChI is InChI=1S/C20H12BrClN2O4/c1-28-18-5-3-14(8-16(18)22)24-10-12(6-11(9-23)20(24)27)19(26)15-7-13(21)2-4-17(15)25/h2-8,10,25H,1H3. The molecule has 140 valence electrons. The van der Waals surface area contributed by atoms with E-state index in [0.717, 1.165) is 4.57 Å². The van der Waals surface area contributed by atoms with Gasteiger partial charge in [-0.2, -0.15) is 5.26 Å². The van der Waals surface area contributed by atoms with Gasteiger partial charge in [-0.3, -0.25) is 14.2 Å². The first kappa shape index (κ1) is 19.7. The van der Waals surface area contributed by atoms with Gasteiger partial charge in [-0.25, -0.2) is 0 Å². The lowest BCUT2D eigenvalue weighted by Crippen LogP contribution is -2.22. The van der Waals surface area contributed by atoms with E-state index in [1.807, 2.05) is 0 Å². The number of hydrogen-bond acceptors (Lipinski definition) is 5. The Hall–Kier alpha value is -3.08. The number of ether oxygens (including phenoxy) is 1. The summed E-state index contributed by atoms with van der Waals surface area (Å²) in [5, 5.41) is 19.6. The van der Waals surface area contributed by atoms with Gasteiger partial charge in [-0.15, -0.1) is 0 Å². The zero-order chi connectivity index (χ0) is 20.4. The van der Waals surface area contributed by atoms with Crippen LogP contribution in [-0.4, -0.2) is 22.6 Å². The minimum Gasteiger partial charge on any atom is -0.507 e. The lowest BCUT2D eigenvalue weighted by molar-refractivity contribution is 0.103. The molecule has 0 unspecified atom stereocenters. The normalized spacial score (nSPS) is 10.4. The SMILES string of the molecule is COc1ccc(-n2cc(C(=O)c3cc(Br)ccc3O)cc(C#N)c2=O)cc1Cl. The van der Waals surface area contributed by atoms with Gasteiger partial charge >= 0.3 is 0 Å². The Bertz CT molecular complexity index is 1200. The molecule has 2 aromatic carbocycles. The van der Waals surface area contributed by atoms with Gasteiger partial charge in [0.25, 0.3) is 5.56 Å². The maximum Gasteiger partial charge on any atom is 0.273 e. The molecule has 0 saturated carbocycles. The molecule has 0 aliphatic carbocycles. The zero-order valence-electron chi connectivity index (χ0n) is 14.4. The summed E-state index contributed by atoms with van der Waals surface area (Å²) in [7, 11) is 1.46. The Morgan fingerprint density at radius 3 is 2.64 bits per heavy atom. The topological polar surface area (TPSA) is 92.3 Å². The molecule has 28 heavy (non-hydrogen) atoms. The van der Waals surface area contributed by atoms with Crippen LogP contribution >= 0.6 is 27.5 Å². The summed E-state index contributed by atoms with van der Waals surface area (Å²) < 4.78 is 6.86. The molecule has 3 rings (SSSR count). The van der Waals surface area contributed by atoms with E-state index in [1.54, 1.807) is 24.3 Å². The molecule has 1 N–H and O–H groups in total. The Kier molecular flexibility index (Phi) is 5.54. The number of nitriles is 1. The summed E-state index contributed by atoms with van der Waals surface area (Å²) in [6.45, 7) is 0. The van der Waals surface area contributed by atoms with E-state index in [1.165, 1.54) is 37.6 Å². The van der Waals surface area contributed by atoms with Crippen molar-refractivity contribution in [3.8, 4) is 23.3 Å². The van der Waals surface area contributed by atoms with Crippen LogP contribution in [0.3, 0.4) is 0 Å². The van der Waals surface area contributed by atoms with Crippen LogP contribution in [0.15, 0.2) is 57.9 Å². The van der Waals surface area contributed by atoms with Crippen LogP contribution in [0, 0.1) is 11.3 Å². The first-order chi connectivity index (χ1) is 13.3. The number of halogens is 2. The van der Waals surface area contributed by atoms with Crippen LogP contribution in [-0.2, 0) is 0 Å². The third-order valence-corrected chi connectivity index (χ3v) is 4.81. The second-order valence-electron chi connectivity index (χ2n) is 5.74. The molecule has 3 aromatic rings. The molecule has 0 aliphatic heterocycles. The van der Waals surface area contributed by atoms with Crippen molar-refractivity contribution < 1.29 is 14.6 Å². The van der Waals surface area contributed by atoms with Gasteiger partial charge < -0.3 is 9.84 Å². The number of carbonyl (C=O) groups excluding carboxylic acids is 1. The summed E-state index contributed by atoms with van der Waals surface area (Å²) in [6.07, 6.45) is 1.31. The summed E-state index contributed by atoms with van der Waals surface area (Å²) in [6, 6.07) is 12.1. The highest BCUT2D eigenvalue weighted by Crippen LogP contribution is 2.27. The van der Waals surface area contributed by atoms with Crippen molar-refractivity contribution in [2.24, 2.45) is 0 Å². The lowest BCUT2D eigenvalue weighted by Gasteiger charge is -2.11. The van der Waals surface area contributed by atoms with Crippen molar-refractivity contribution in [1.82, 2.24) is 4.57 Å². The van der Waals surface area contributed by atoms with E-state index in [0.29, 0.717) is 15.9 Å². The van der Waals surface area contributed by atoms with Crippen LogP contribution in [0.1, 0.15) is 21.5 Å². The number of ketones is 1. The van der Waals surface area contributed by atoms with E-state index < -0.39 is 11.3 Å². The van der Waals surface area contributed by atoms with E-state index in [2.05, 4.69) is 15.9 Å². The van der Waals surface area contributed by atoms with Crippen molar-refractivity contribution in [3.63, 3.8) is 0 Å². The third-order valence-electron chi connectivity index (χ3n) is 4.02. The molecule has 0 spiro atoms. The average Bonchev–Trinajstić information content (AvgIpc) is 2.69. The predicted molar refractivity (Wildman–Crippen MR) is 108 cm³/mol. The predicted octanol–water partition coefficient (Wildman–Crippen LogP) is 4.07. The smallest absolute Gasteiger partial charge is 0.273 e. The van der Waals surface area contributed by atoms with E-state index in [-0.39, 0.29) is 27.5 Å². The minimum atomic E-state index is -0.598. The van der Waals surface area contributed by atoms with Gasteiger partial charge in [-0.1, -0.05) is 27.5 Å². The molecule has 0 amide bonds. The van der Waals surface area contributed by atoms with Crippen LogP contribution < -0.4 is 10.3 Å². The number of aromatic hydroxyl groups is 1. The average molecular weight is 460 g/mol. The number of pyridine rings is 1. The zero-order valence-corrected chi connectivity index (χ0v) is 16.8. The van der Waals surface area contributed by atoms with Crippen molar-refractivity contribution in [1.29, 1.82) is 5.26 Å². The molecule has 0 bridgehead atoms. The van der Waals surface area contributed by atoms with Crippen LogP contribution in [0.4, 0.5) is 0 Å². The number of hydrogen-bond donors (Lipinski definition) is 1. The maximum atomic E-state index is 12.9. The lowest BCUT2D eigenvalue weighted by atomic mass is 10.0. The highest BCUT2D eigenvalue weighted by Gasteiger charge is 2.18. The van der Waals surface area contributed by atoms with E-state index in [4.69, 9.17) is 16.3 Å². The fourth-order valence-corrected chi connectivity index (χ4v) is 3.24. The second-order valence-corrected chi connectivity index (χ2v) is 7.06. The van der Waals surface area contributed by atoms with E-state index in [9.17, 15) is 20.0 Å². The quantitative estimate of drug-likeness (QED) is 0.594. The molecule has 0 saturated heterocycles. The van der Waals surface area contributed by atoms with Gasteiger partial charge in [0.15, 0.2) is 5.78 Å². The molecule has 0 radical (unpaired) electrons. The fraction of sp³-hybridized carbons (Fsp3) is 0.0500. The van der Waals surface area contributed by atoms with Crippen molar-refractivity contribution >= 4 is 33.3 Å². The Balaban J connectivity index is 2.20. The Morgan fingerprint density at radius 2 is 2.00 bits per heavy atom. The second kappa shape index (κ2) is 7.89. The van der Waals surface area contributed by atoms with Crippen LogP contribution in [0.2, 0.25) is 5.02 Å². The monoisotopic (exact) mass is 458 g/mol. The first-order valence-electron chi connectivity index (χ1n) is 7.89. The number of benzene rings is 2. The van der Waals surface area contributed by atoms with Gasteiger partial charge in [0.1, 0.15) is 23.1 Å². The third kappa shape index (κ3) is 3.65. The van der Waals surface area contributed by atoms with Gasteiger partial charge in [0, 0.05) is 16.2 Å². The first-order valence-corrected chi connectivity index (χ1v) is 9.06. The largest absolute Gasteiger partial charge is 0.507 e. The number of carbonyl (C=O) groups is 1. The molecular weight excluding hydrogens is 448 g/mol. The van der Waals surface area contributed by atoms with E-state index >= 15 is 0 Å². The Morgan fingerprint density at radius 1 is 1.25 bits per heavy atom. The number of phenolic OH excluding ortho intramolecular Hbond substituents is 1. The summed E-state index contributed by atoms with van der Waals surface area (Å²) in [4.78, 5) is 25.5. The molecule has 1 aromatic heterocycles. The van der Waals surface area contributed by atoms with Crippen molar-refractivity contribution in [3.05, 3.63) is 85.2 Å². The fourth-order valence-electron chi connectivity index (χ4n) is 2.63. The minimum absolute atomic E-state index is 0.0382. The maximum absolute atomic E-state index is 12.9. The molecule has 1 heterocycles. The highest BCUT2D eigenvalue weighted by molar-refractivity contribution is 9.10. The number of aromatic nitrogens is 1. The van der Waals surface area contributed by atoms with Crippen LogP contribution in [0.25, 0.3) is 5.69 Å². The molecular formula is C20H12BrClN2O4. The van der Waals surface area contributed by atoms with Crippen LogP contribution in [0.5, 0.6) is 11.5 Å². The van der Waals surface area contributed by atoms with Gasteiger partial charge in [-0.05, 0) is 42.5 Å². The van der Waals surface area contributed by atoms with Gasteiger partial charge in [0.2, 0.25) is 0 Å². The molecule has 0 atom stereocenters. The molecule has 6 nitrogen and oxygen atoms in total.